The fraction of sp³-hybridized carbons (Fsp3) is 0.400. The summed E-state index contributed by atoms with van der Waals surface area (Å²) in [6, 6.07) is 4.49. The van der Waals surface area contributed by atoms with Crippen molar-refractivity contribution in [2.45, 2.75) is 16.7 Å². The SMILES string of the molecule is C[C@](Br)([C@H](O)c1ccc(Cl)cc1Cl)S(C)(=O)=O. The first-order chi connectivity index (χ1) is 7.57. The summed E-state index contributed by atoms with van der Waals surface area (Å²) < 4.78 is 21.6. The minimum absolute atomic E-state index is 0.222. The quantitative estimate of drug-likeness (QED) is 0.841. The number of hydrogen-bond donors (Lipinski definition) is 1. The van der Waals surface area contributed by atoms with Gasteiger partial charge in [-0.15, -0.1) is 0 Å². The molecule has 0 bridgehead atoms. The summed E-state index contributed by atoms with van der Waals surface area (Å²) in [6.07, 6.45) is -0.253. The van der Waals surface area contributed by atoms with Gasteiger partial charge in [-0.3, -0.25) is 0 Å². The lowest BCUT2D eigenvalue weighted by atomic mass is 10.1. The lowest BCUT2D eigenvalue weighted by molar-refractivity contribution is 0.168. The number of halogens is 3. The Labute approximate surface area is 119 Å². The van der Waals surface area contributed by atoms with E-state index in [2.05, 4.69) is 15.9 Å². The van der Waals surface area contributed by atoms with Crippen LogP contribution < -0.4 is 0 Å². The summed E-state index contributed by atoms with van der Waals surface area (Å²) in [5, 5.41) is 10.7. The second-order valence-electron chi connectivity index (χ2n) is 3.83. The first-order valence-electron chi connectivity index (χ1n) is 4.59. The monoisotopic (exact) mass is 360 g/mol. The molecule has 0 fully saturated rings. The molecule has 96 valence electrons. The van der Waals surface area contributed by atoms with E-state index in [4.69, 9.17) is 23.2 Å². The maximum Gasteiger partial charge on any atom is 0.165 e. The fourth-order valence-electron chi connectivity index (χ4n) is 1.20. The molecule has 1 N–H and O–H groups in total. The van der Waals surface area contributed by atoms with Gasteiger partial charge in [0.25, 0.3) is 0 Å². The molecule has 0 aromatic heterocycles. The third kappa shape index (κ3) is 3.15. The average Bonchev–Trinajstić information content (AvgIpc) is 2.14. The Morgan fingerprint density at radius 3 is 2.35 bits per heavy atom. The van der Waals surface area contributed by atoms with Gasteiger partial charge in [0.1, 0.15) is 6.10 Å². The molecule has 0 aliphatic rings. The predicted molar refractivity (Wildman–Crippen MR) is 73.6 cm³/mol. The highest BCUT2D eigenvalue weighted by Gasteiger charge is 2.41. The van der Waals surface area contributed by atoms with E-state index >= 15 is 0 Å². The van der Waals surface area contributed by atoms with Crippen LogP contribution in [0, 0.1) is 0 Å². The molecular weight excluding hydrogens is 351 g/mol. The van der Waals surface area contributed by atoms with Gasteiger partial charge in [-0.25, -0.2) is 8.42 Å². The Hall–Kier alpha value is 0.190. The van der Waals surface area contributed by atoms with Crippen molar-refractivity contribution in [3.05, 3.63) is 33.8 Å². The third-order valence-corrected chi connectivity index (χ3v) is 6.90. The molecule has 0 amide bonds. The van der Waals surface area contributed by atoms with Gasteiger partial charge in [0.2, 0.25) is 0 Å². The van der Waals surface area contributed by atoms with Gasteiger partial charge in [-0.05, 0) is 19.1 Å². The van der Waals surface area contributed by atoms with Crippen LogP contribution in [-0.2, 0) is 9.84 Å². The highest BCUT2D eigenvalue weighted by molar-refractivity contribution is 9.11. The summed E-state index contributed by atoms with van der Waals surface area (Å²) >= 11 is 14.7. The zero-order chi connectivity index (χ0) is 13.4. The summed E-state index contributed by atoms with van der Waals surface area (Å²) in [5.41, 5.74) is 0.306. The molecule has 0 saturated heterocycles. The van der Waals surface area contributed by atoms with E-state index in [-0.39, 0.29) is 5.02 Å². The lowest BCUT2D eigenvalue weighted by Crippen LogP contribution is -2.34. The molecule has 0 aliphatic heterocycles. The van der Waals surface area contributed by atoms with Gasteiger partial charge in [-0.2, -0.15) is 0 Å². The number of aliphatic hydroxyl groups excluding tert-OH is 1. The Balaban J connectivity index is 3.26. The number of benzene rings is 1. The second kappa shape index (κ2) is 5.05. The molecule has 0 spiro atoms. The number of sulfone groups is 1. The lowest BCUT2D eigenvalue weighted by Gasteiger charge is -2.27. The standard InChI is InChI=1S/C10H11BrCl2O3S/c1-10(11,17(2,15)16)9(14)7-4-3-6(12)5-8(7)13/h3-5,9,14H,1-2H3/t9-,10-/m1/s1. The van der Waals surface area contributed by atoms with Crippen LogP contribution in [0.5, 0.6) is 0 Å². The molecular formula is C10H11BrCl2O3S. The Morgan fingerprint density at radius 1 is 1.41 bits per heavy atom. The molecule has 1 aromatic carbocycles. The molecule has 0 aliphatic carbocycles. The zero-order valence-electron chi connectivity index (χ0n) is 9.12. The fourth-order valence-corrected chi connectivity index (χ4v) is 2.49. The summed E-state index contributed by atoms with van der Waals surface area (Å²) in [4.78, 5) is 0. The molecule has 1 aromatic rings. The molecule has 0 heterocycles. The van der Waals surface area contributed by atoms with Crippen LogP contribution in [0.25, 0.3) is 0 Å². The minimum Gasteiger partial charge on any atom is -0.386 e. The third-order valence-electron chi connectivity index (χ3n) is 2.47. The Kier molecular flexibility index (Phi) is 4.53. The van der Waals surface area contributed by atoms with Gasteiger partial charge < -0.3 is 5.11 Å². The van der Waals surface area contributed by atoms with E-state index in [1.165, 1.54) is 25.1 Å². The molecule has 2 atom stereocenters. The number of aliphatic hydroxyl groups is 1. The highest BCUT2D eigenvalue weighted by atomic mass is 79.9. The molecule has 3 nitrogen and oxygen atoms in total. The van der Waals surface area contributed by atoms with Crippen LogP contribution in [-0.4, -0.2) is 23.4 Å². The van der Waals surface area contributed by atoms with Crippen LogP contribution >= 0.6 is 39.1 Å². The van der Waals surface area contributed by atoms with Crippen LogP contribution in [0.15, 0.2) is 18.2 Å². The Bertz CT molecular complexity index is 528. The van der Waals surface area contributed by atoms with Crippen LogP contribution in [0.2, 0.25) is 10.0 Å². The van der Waals surface area contributed by atoms with Gasteiger partial charge in [0.05, 0.1) is 0 Å². The maximum atomic E-state index is 11.6. The summed E-state index contributed by atoms with van der Waals surface area (Å²) in [7, 11) is -3.50. The minimum atomic E-state index is -3.50. The highest BCUT2D eigenvalue weighted by Crippen LogP contribution is 2.40. The Morgan fingerprint density at radius 2 is 1.94 bits per heavy atom. The van der Waals surface area contributed by atoms with Gasteiger partial charge in [-0.1, -0.05) is 45.2 Å². The van der Waals surface area contributed by atoms with Crippen molar-refractivity contribution in [2.24, 2.45) is 0 Å². The molecule has 7 heteroatoms. The van der Waals surface area contributed by atoms with Gasteiger partial charge >= 0.3 is 0 Å². The van der Waals surface area contributed by atoms with Crippen molar-refractivity contribution < 1.29 is 13.5 Å². The molecule has 0 unspecified atom stereocenters. The van der Waals surface area contributed by atoms with E-state index in [0.29, 0.717) is 10.6 Å². The number of hydrogen-bond acceptors (Lipinski definition) is 3. The number of rotatable bonds is 3. The smallest absolute Gasteiger partial charge is 0.165 e. The second-order valence-corrected chi connectivity index (χ2v) is 9.23. The van der Waals surface area contributed by atoms with E-state index < -0.39 is 19.6 Å². The maximum absolute atomic E-state index is 11.6. The molecule has 17 heavy (non-hydrogen) atoms. The summed E-state index contributed by atoms with van der Waals surface area (Å²) in [5.74, 6) is 0. The van der Waals surface area contributed by atoms with E-state index in [1.807, 2.05) is 0 Å². The molecule has 0 saturated carbocycles. The van der Waals surface area contributed by atoms with Crippen LogP contribution in [0.1, 0.15) is 18.6 Å². The van der Waals surface area contributed by atoms with Crippen molar-refractivity contribution in [1.29, 1.82) is 0 Å². The van der Waals surface area contributed by atoms with Gasteiger partial charge in [0, 0.05) is 21.9 Å². The van der Waals surface area contributed by atoms with E-state index in [9.17, 15) is 13.5 Å². The van der Waals surface area contributed by atoms with Crippen LogP contribution in [0.4, 0.5) is 0 Å². The van der Waals surface area contributed by atoms with E-state index in [0.717, 1.165) is 6.26 Å². The largest absolute Gasteiger partial charge is 0.386 e. The van der Waals surface area contributed by atoms with Gasteiger partial charge in [0.15, 0.2) is 13.5 Å². The first-order valence-corrected chi connectivity index (χ1v) is 8.03. The summed E-state index contributed by atoms with van der Waals surface area (Å²) in [6.45, 7) is 1.37. The van der Waals surface area contributed by atoms with Crippen molar-refractivity contribution in [2.75, 3.05) is 6.26 Å². The first kappa shape index (κ1) is 15.2. The average molecular weight is 362 g/mol. The number of alkyl halides is 1. The molecule has 1 rings (SSSR count). The topological polar surface area (TPSA) is 54.4 Å². The van der Waals surface area contributed by atoms with Crippen molar-refractivity contribution in [1.82, 2.24) is 0 Å². The predicted octanol–water partition coefficient (Wildman–Crippen LogP) is 3.18. The van der Waals surface area contributed by atoms with Crippen molar-refractivity contribution >= 4 is 49.0 Å². The van der Waals surface area contributed by atoms with Crippen LogP contribution in [0.3, 0.4) is 0 Å². The van der Waals surface area contributed by atoms with Crippen molar-refractivity contribution in [3.63, 3.8) is 0 Å². The molecule has 0 radical (unpaired) electrons. The van der Waals surface area contributed by atoms with E-state index in [1.54, 1.807) is 0 Å². The van der Waals surface area contributed by atoms with Crippen molar-refractivity contribution in [3.8, 4) is 0 Å². The normalized spacial score (nSPS) is 17.5. The zero-order valence-corrected chi connectivity index (χ0v) is 13.0.